The van der Waals surface area contributed by atoms with Crippen LogP contribution in [0.15, 0.2) is 22.2 Å². The van der Waals surface area contributed by atoms with Crippen LogP contribution in [0.3, 0.4) is 0 Å². The molecule has 2 aliphatic heterocycles. The zero-order valence-electron chi connectivity index (χ0n) is 14.5. The highest BCUT2D eigenvalue weighted by Gasteiger charge is 2.62. The van der Waals surface area contributed by atoms with Crippen molar-refractivity contribution in [2.75, 3.05) is 0 Å². The van der Waals surface area contributed by atoms with Crippen LogP contribution in [0.1, 0.15) is 27.2 Å². The number of carboxylic acids is 1. The molecule has 0 saturated carbocycles. The lowest BCUT2D eigenvalue weighted by Crippen LogP contribution is -2.66. The molecule has 11 nitrogen and oxygen atoms in total. The van der Waals surface area contributed by atoms with Gasteiger partial charge in [-0.3, -0.25) is 14.1 Å². The minimum absolute atomic E-state index is 0.0485. The molecule has 3 atom stereocenters. The van der Waals surface area contributed by atoms with Crippen molar-refractivity contribution in [3.05, 3.63) is 22.2 Å². The third kappa shape index (κ3) is 4.26. The van der Waals surface area contributed by atoms with E-state index in [0.717, 1.165) is 16.5 Å². The fraction of sp³-hybridized carbons (Fsp3) is 0.500. The molecule has 0 bridgehead atoms. The molecule has 0 spiro atoms. The van der Waals surface area contributed by atoms with E-state index in [0.29, 0.717) is 0 Å². The van der Waals surface area contributed by atoms with Gasteiger partial charge in [0.25, 0.3) is 0 Å². The van der Waals surface area contributed by atoms with Crippen LogP contribution in [0, 0.1) is 5.92 Å². The molecular formula is C14H18N2O9S2. The fourth-order valence-electron chi connectivity index (χ4n) is 3.23. The summed E-state index contributed by atoms with van der Waals surface area (Å²) in [6.45, 7) is 3.77. The molecule has 3 N–H and O–H groups in total. The Labute approximate surface area is 157 Å². The lowest BCUT2D eigenvalue weighted by atomic mass is 9.76. The first kappa shape index (κ1) is 21.2. The molecule has 150 valence electrons. The molecule has 0 aromatic heterocycles. The number of rotatable bonds is 7. The normalized spacial score (nSPS) is 24.0. The second-order valence-corrected chi connectivity index (χ2v) is 8.83. The molecule has 0 radical (unpaired) electrons. The molecule has 1 saturated heterocycles. The van der Waals surface area contributed by atoms with Crippen molar-refractivity contribution in [3.63, 3.8) is 0 Å². The standard InChI is InChI=1S/C14H18N2O9S2/c1-7(17)15-4-5-26(21)9-6-8-10(14(2,3)25-27(22,23)24)12(18)16(8)11(9)13(19)20/h4-5,8,10H,6H2,1-3H3,(H,15,17)(H,19,20)(H,22,23,24)/b5-4-/t8-,10+,26?/m1/s1. The SMILES string of the molecule is CC(=O)N/C=C\S(=O)C1=C(C(=O)O)N2C(=O)[C@@H](C(C)(C)OS(=O)(=O)O)[C@H]2C1. The van der Waals surface area contributed by atoms with Crippen LogP contribution in [-0.2, 0) is 39.8 Å². The minimum atomic E-state index is -4.85. The van der Waals surface area contributed by atoms with Crippen LogP contribution in [0.2, 0.25) is 0 Å². The van der Waals surface area contributed by atoms with E-state index in [1.807, 2.05) is 0 Å². The average molecular weight is 422 g/mol. The Kier molecular flexibility index (Phi) is 5.61. The molecule has 1 fully saturated rings. The Morgan fingerprint density at radius 3 is 2.48 bits per heavy atom. The minimum Gasteiger partial charge on any atom is -0.477 e. The molecule has 27 heavy (non-hydrogen) atoms. The Morgan fingerprint density at radius 2 is 2.00 bits per heavy atom. The maximum Gasteiger partial charge on any atom is 0.397 e. The predicted molar refractivity (Wildman–Crippen MR) is 91.2 cm³/mol. The number of carboxylic acid groups (broad SMARTS) is 1. The number of aliphatic carboxylic acids is 1. The predicted octanol–water partition coefficient (Wildman–Crippen LogP) is -0.533. The van der Waals surface area contributed by atoms with E-state index in [-0.39, 0.29) is 11.3 Å². The number of β-lactam (4-membered cyclic amide) rings is 1. The van der Waals surface area contributed by atoms with Gasteiger partial charge in [-0.15, -0.1) is 0 Å². The Bertz CT molecular complexity index is 888. The third-order valence-electron chi connectivity index (χ3n) is 4.11. The van der Waals surface area contributed by atoms with Crippen molar-refractivity contribution in [3.8, 4) is 0 Å². The van der Waals surface area contributed by atoms with Crippen molar-refractivity contribution in [1.82, 2.24) is 10.2 Å². The quantitative estimate of drug-likeness (QED) is 0.361. The summed E-state index contributed by atoms with van der Waals surface area (Å²) in [5.41, 5.74) is -2.09. The number of fused-ring (bicyclic) bond motifs is 1. The summed E-state index contributed by atoms with van der Waals surface area (Å²) in [5.74, 6) is -3.66. The summed E-state index contributed by atoms with van der Waals surface area (Å²) in [7, 11) is -6.79. The summed E-state index contributed by atoms with van der Waals surface area (Å²) >= 11 is 0. The molecule has 2 rings (SSSR count). The van der Waals surface area contributed by atoms with Gasteiger partial charge in [0, 0.05) is 25.0 Å². The monoisotopic (exact) mass is 422 g/mol. The lowest BCUT2D eigenvalue weighted by Gasteiger charge is -2.49. The van der Waals surface area contributed by atoms with Crippen molar-refractivity contribution in [2.45, 2.75) is 38.8 Å². The van der Waals surface area contributed by atoms with Crippen LogP contribution < -0.4 is 5.32 Å². The van der Waals surface area contributed by atoms with Crippen molar-refractivity contribution in [2.24, 2.45) is 5.92 Å². The van der Waals surface area contributed by atoms with Gasteiger partial charge in [-0.05, 0) is 13.8 Å². The van der Waals surface area contributed by atoms with E-state index < -0.39 is 62.2 Å². The molecule has 0 aromatic carbocycles. The Balaban J connectivity index is 2.30. The number of nitrogens with zero attached hydrogens (tertiary/aromatic N) is 1. The summed E-state index contributed by atoms with van der Waals surface area (Å²) < 4.78 is 47.9. The third-order valence-corrected chi connectivity index (χ3v) is 5.98. The second-order valence-electron chi connectivity index (χ2n) is 6.45. The number of hydrogen-bond donors (Lipinski definition) is 3. The molecule has 0 aliphatic carbocycles. The topological polar surface area (TPSA) is 167 Å². The smallest absolute Gasteiger partial charge is 0.397 e. The maximum absolute atomic E-state index is 12.5. The van der Waals surface area contributed by atoms with Crippen LogP contribution in [0.5, 0.6) is 0 Å². The molecule has 13 heteroatoms. The average Bonchev–Trinajstić information content (AvgIpc) is 2.78. The number of amides is 2. The van der Waals surface area contributed by atoms with Crippen LogP contribution in [0.4, 0.5) is 0 Å². The Hall–Kier alpha value is -2.09. The first-order chi connectivity index (χ1) is 12.3. The first-order valence-corrected chi connectivity index (χ1v) is 10.2. The maximum atomic E-state index is 12.5. The van der Waals surface area contributed by atoms with E-state index in [1.54, 1.807) is 0 Å². The van der Waals surface area contributed by atoms with Gasteiger partial charge in [0.15, 0.2) is 0 Å². The largest absolute Gasteiger partial charge is 0.477 e. The summed E-state index contributed by atoms with van der Waals surface area (Å²) in [6.07, 6.45) is 1.01. The van der Waals surface area contributed by atoms with Crippen molar-refractivity contribution >= 4 is 39.0 Å². The van der Waals surface area contributed by atoms with Crippen molar-refractivity contribution in [1.29, 1.82) is 0 Å². The summed E-state index contributed by atoms with van der Waals surface area (Å²) in [4.78, 5) is 35.8. The van der Waals surface area contributed by atoms with E-state index in [2.05, 4.69) is 9.50 Å². The zero-order chi connectivity index (χ0) is 20.7. The van der Waals surface area contributed by atoms with Gasteiger partial charge in [0.1, 0.15) is 5.70 Å². The highest BCUT2D eigenvalue weighted by atomic mass is 32.3. The van der Waals surface area contributed by atoms with Gasteiger partial charge in [0.05, 0.1) is 33.3 Å². The molecule has 2 aliphatic rings. The molecule has 0 aromatic rings. The van der Waals surface area contributed by atoms with Gasteiger partial charge >= 0.3 is 16.4 Å². The molecule has 2 heterocycles. The first-order valence-electron chi connectivity index (χ1n) is 7.58. The number of carbonyl (C=O) groups is 3. The van der Waals surface area contributed by atoms with E-state index >= 15 is 0 Å². The number of hydrogen-bond acceptors (Lipinski definition) is 7. The number of carbonyl (C=O) groups excluding carboxylic acids is 2. The fourth-order valence-corrected chi connectivity index (χ4v) is 4.94. The van der Waals surface area contributed by atoms with E-state index in [9.17, 15) is 32.1 Å². The Morgan fingerprint density at radius 1 is 1.41 bits per heavy atom. The highest BCUT2D eigenvalue weighted by Crippen LogP contribution is 2.48. The summed E-state index contributed by atoms with van der Waals surface area (Å²) in [6, 6.07) is -0.784. The van der Waals surface area contributed by atoms with E-state index in [4.69, 9.17) is 4.55 Å². The second kappa shape index (κ2) is 7.14. The van der Waals surface area contributed by atoms with Gasteiger partial charge in [-0.1, -0.05) is 0 Å². The van der Waals surface area contributed by atoms with Gasteiger partial charge in [0.2, 0.25) is 11.8 Å². The van der Waals surface area contributed by atoms with E-state index in [1.165, 1.54) is 20.8 Å². The summed E-state index contributed by atoms with van der Waals surface area (Å²) in [5, 5.41) is 12.8. The molecule has 2 amide bonds. The van der Waals surface area contributed by atoms with Crippen LogP contribution in [-0.4, -0.2) is 56.6 Å². The highest BCUT2D eigenvalue weighted by molar-refractivity contribution is 7.91. The molecule has 1 unspecified atom stereocenters. The van der Waals surface area contributed by atoms with Crippen LogP contribution >= 0.6 is 0 Å². The van der Waals surface area contributed by atoms with Gasteiger partial charge in [-0.2, -0.15) is 8.42 Å². The number of nitrogens with one attached hydrogen (secondary N) is 1. The van der Waals surface area contributed by atoms with Crippen molar-refractivity contribution < 1.29 is 40.9 Å². The molecular weight excluding hydrogens is 404 g/mol. The van der Waals surface area contributed by atoms with Gasteiger partial charge in [-0.25, -0.2) is 13.2 Å². The lowest BCUT2D eigenvalue weighted by molar-refractivity contribution is -0.166. The zero-order valence-corrected chi connectivity index (χ0v) is 16.2. The van der Waals surface area contributed by atoms with Crippen LogP contribution in [0.25, 0.3) is 0 Å². The van der Waals surface area contributed by atoms with Gasteiger partial charge < -0.3 is 15.3 Å².